The first kappa shape index (κ1) is 23.8. The number of hydrogen-bond acceptors (Lipinski definition) is 1. The zero-order valence-corrected chi connectivity index (χ0v) is 4.52. The molecule has 0 rings (SSSR count). The molecule has 0 saturated heterocycles. The summed E-state index contributed by atoms with van der Waals surface area (Å²) in [6, 6.07) is 0. The molecule has 1 nitrogen and oxygen atoms in total. The number of rotatable bonds is 0. The molecule has 0 N–H and O–H groups in total. The third-order valence-corrected chi connectivity index (χ3v) is 0. The molecule has 0 atom stereocenters. The van der Waals surface area contributed by atoms with E-state index in [9.17, 15) is 0 Å². The fourth-order valence-electron chi connectivity index (χ4n) is 0. The maximum Gasteiger partial charge on any atom is 1.00 e. The number of hydrogen-bond donors (Lipinski definition) is 0. The second-order valence-electron chi connectivity index (χ2n) is 0. The molecule has 0 bridgehead atoms. The van der Waals surface area contributed by atoms with Crippen LogP contribution in [0.2, 0.25) is 0 Å². The smallest absolute Gasteiger partial charge is 1.00 e. The Balaban J connectivity index is -0.00000000500. The summed E-state index contributed by atoms with van der Waals surface area (Å²) in [7, 11) is 0. The van der Waals surface area contributed by atoms with Crippen molar-refractivity contribution < 1.29 is 29.6 Å². The van der Waals surface area contributed by atoms with Gasteiger partial charge >= 0.3 is 29.6 Å². The Hall–Kier alpha value is 0.555. The summed E-state index contributed by atoms with van der Waals surface area (Å²) in [6.45, 7) is 4.75. The van der Waals surface area contributed by atoms with E-state index in [4.69, 9.17) is 11.8 Å². The standard InChI is InChI=1S/CN.B.Na/c1-2;;/q2*-1;+1. The minimum Gasteiger partial charge on any atom is -1.00 e. The van der Waals surface area contributed by atoms with Gasteiger partial charge in [0.15, 0.2) is 0 Å². The van der Waals surface area contributed by atoms with Crippen molar-refractivity contribution in [1.29, 1.82) is 5.26 Å². The Morgan fingerprint density at radius 1 is 1.25 bits per heavy atom. The minimum absolute atomic E-state index is 0. The van der Waals surface area contributed by atoms with Crippen LogP contribution in [0.3, 0.4) is 0 Å². The Morgan fingerprint density at radius 3 is 1.25 bits per heavy atom. The Bertz CT molecular complexity index is 12.8. The minimum atomic E-state index is 0. The average Bonchev–Trinajstić information content (AvgIpc) is 1.00. The van der Waals surface area contributed by atoms with Crippen molar-refractivity contribution in [3.05, 3.63) is 6.57 Å². The van der Waals surface area contributed by atoms with Crippen LogP contribution in [0.15, 0.2) is 0 Å². The van der Waals surface area contributed by atoms with Gasteiger partial charge in [0.05, 0.1) is 0 Å². The van der Waals surface area contributed by atoms with Crippen LogP contribution in [0.25, 0.3) is 0 Å². The molecule has 0 aromatic heterocycles. The van der Waals surface area contributed by atoms with Crippen molar-refractivity contribution in [2.45, 2.75) is 0 Å². The second-order valence-corrected chi connectivity index (χ2v) is 0. The third kappa shape index (κ3) is 20.1. The molecule has 0 heterocycles. The van der Waals surface area contributed by atoms with Gasteiger partial charge in [-0.3, -0.25) is 0 Å². The first-order chi connectivity index (χ1) is 1.00. The predicted molar refractivity (Wildman–Crippen MR) is 10.7 cm³/mol. The maximum absolute atomic E-state index is 6.25. The largest absolute Gasteiger partial charge is 1.00 e. The van der Waals surface area contributed by atoms with Gasteiger partial charge in [-0.25, -0.2) is 0 Å². The molecular formula is CBNNa-. The molecule has 3 heteroatoms. The predicted octanol–water partition coefficient (Wildman–Crippen LogP) is -3.28. The van der Waals surface area contributed by atoms with Crippen molar-refractivity contribution in [1.82, 2.24) is 0 Å². The van der Waals surface area contributed by atoms with Crippen LogP contribution in [0.1, 0.15) is 0 Å². The van der Waals surface area contributed by atoms with Gasteiger partial charge in [-0.1, -0.05) is 0 Å². The topological polar surface area (TPSA) is 23.8 Å². The summed E-state index contributed by atoms with van der Waals surface area (Å²) in [5, 5.41) is 6.25. The van der Waals surface area contributed by atoms with Gasteiger partial charge in [-0.2, -0.15) is 0 Å². The van der Waals surface area contributed by atoms with E-state index in [1.165, 1.54) is 0 Å². The second kappa shape index (κ2) is 75.4. The van der Waals surface area contributed by atoms with E-state index in [-0.39, 0.29) is 38.0 Å². The first-order valence-electron chi connectivity index (χ1n) is 0.224. The molecule has 14 valence electrons. The molecule has 4 heavy (non-hydrogen) atoms. The van der Waals surface area contributed by atoms with Crippen LogP contribution in [0, 0.1) is 11.8 Å². The molecule has 0 spiro atoms. The molecule has 0 aromatic carbocycles. The Labute approximate surface area is 49.9 Å². The zero-order valence-electron chi connectivity index (χ0n) is 2.52. The van der Waals surface area contributed by atoms with E-state index in [0.717, 1.165) is 0 Å². The summed E-state index contributed by atoms with van der Waals surface area (Å²) >= 11 is 0. The summed E-state index contributed by atoms with van der Waals surface area (Å²) in [5.41, 5.74) is 0. The van der Waals surface area contributed by atoms with E-state index in [1.807, 2.05) is 0 Å². The van der Waals surface area contributed by atoms with E-state index < -0.39 is 0 Å². The van der Waals surface area contributed by atoms with E-state index in [1.54, 1.807) is 0 Å². The molecule has 0 amide bonds. The molecule has 0 saturated carbocycles. The van der Waals surface area contributed by atoms with Crippen LogP contribution in [-0.2, 0) is 0 Å². The van der Waals surface area contributed by atoms with Crippen LogP contribution in [0.4, 0.5) is 0 Å². The van der Waals surface area contributed by atoms with E-state index in [0.29, 0.717) is 0 Å². The van der Waals surface area contributed by atoms with Crippen molar-refractivity contribution in [3.63, 3.8) is 0 Å². The normalized spacial score (nSPS) is 0.500. The molecule has 4 radical (unpaired) electrons. The Kier molecular flexibility index (Phi) is 449. The van der Waals surface area contributed by atoms with Crippen molar-refractivity contribution in [2.24, 2.45) is 0 Å². The molecule has 0 fully saturated rings. The van der Waals surface area contributed by atoms with Crippen LogP contribution in [-0.4, -0.2) is 8.41 Å². The van der Waals surface area contributed by atoms with Gasteiger partial charge in [0.2, 0.25) is 0 Å². The summed E-state index contributed by atoms with van der Waals surface area (Å²) in [6.07, 6.45) is 0. The molecule has 0 aliphatic carbocycles. The average molecular weight is 59.8 g/mol. The summed E-state index contributed by atoms with van der Waals surface area (Å²) in [4.78, 5) is 0. The molecule has 0 unspecified atom stereocenters. The van der Waals surface area contributed by atoms with Gasteiger partial charge < -0.3 is 20.2 Å². The fraction of sp³-hybridized carbons (Fsp3) is 0. The van der Waals surface area contributed by atoms with Gasteiger partial charge in [0, 0.05) is 0 Å². The van der Waals surface area contributed by atoms with Crippen LogP contribution in [0.5, 0.6) is 0 Å². The molecule has 0 aromatic rings. The summed E-state index contributed by atoms with van der Waals surface area (Å²) < 4.78 is 0. The van der Waals surface area contributed by atoms with Crippen LogP contribution < -0.4 is 29.6 Å². The molecular weight excluding hydrogens is 59.8 g/mol. The van der Waals surface area contributed by atoms with Gasteiger partial charge in [-0.15, -0.1) is 0 Å². The fourth-order valence-corrected chi connectivity index (χ4v) is 0. The van der Waals surface area contributed by atoms with E-state index >= 15 is 0 Å². The number of nitrogens with zero attached hydrogens (tertiary/aromatic N) is 1. The SMILES string of the molecule is [B-].[C-]#N.[Na+]. The zero-order chi connectivity index (χ0) is 2.00. The quantitative estimate of drug-likeness (QED) is 0.212. The van der Waals surface area contributed by atoms with Crippen molar-refractivity contribution in [3.8, 4) is 0 Å². The maximum atomic E-state index is 6.25. The van der Waals surface area contributed by atoms with Crippen LogP contribution >= 0.6 is 0 Å². The van der Waals surface area contributed by atoms with Gasteiger partial charge in [0.1, 0.15) is 0 Å². The van der Waals surface area contributed by atoms with Crippen molar-refractivity contribution in [2.75, 3.05) is 0 Å². The first-order valence-corrected chi connectivity index (χ1v) is 0.224. The van der Waals surface area contributed by atoms with Gasteiger partial charge in [-0.05, 0) is 0 Å². The monoisotopic (exact) mass is 60.0 g/mol. The molecule has 0 aliphatic rings. The summed E-state index contributed by atoms with van der Waals surface area (Å²) in [5.74, 6) is 0. The third-order valence-electron chi connectivity index (χ3n) is 0. The van der Waals surface area contributed by atoms with E-state index in [2.05, 4.69) is 0 Å². The Morgan fingerprint density at radius 2 is 1.25 bits per heavy atom. The van der Waals surface area contributed by atoms with Gasteiger partial charge in [0.25, 0.3) is 0 Å². The van der Waals surface area contributed by atoms with Crippen molar-refractivity contribution >= 4 is 8.41 Å². The molecule has 0 aliphatic heterocycles.